The highest BCUT2D eigenvalue weighted by Gasteiger charge is 2.07. The molecule has 0 saturated carbocycles. The van der Waals surface area contributed by atoms with Gasteiger partial charge in [0.1, 0.15) is 11.6 Å². The monoisotopic (exact) mass is 298 g/mol. The van der Waals surface area contributed by atoms with Crippen LogP contribution < -0.4 is 0 Å². The van der Waals surface area contributed by atoms with Crippen LogP contribution in [0, 0.1) is 23.5 Å². The first-order valence-corrected chi connectivity index (χ1v) is 7.17. The zero-order valence-corrected chi connectivity index (χ0v) is 12.1. The Balaban J connectivity index is 1.84. The summed E-state index contributed by atoms with van der Waals surface area (Å²) in [7, 11) is 0. The van der Waals surface area contributed by atoms with Crippen molar-refractivity contribution in [3.63, 3.8) is 0 Å². The quantitative estimate of drug-likeness (QED) is 0.450. The summed E-state index contributed by atoms with van der Waals surface area (Å²) < 4.78 is 27.0. The molecule has 2 rings (SSSR count). The summed E-state index contributed by atoms with van der Waals surface area (Å²) in [5.41, 5.74) is 0.991. The molecule has 0 spiro atoms. The van der Waals surface area contributed by atoms with E-state index in [9.17, 15) is 13.6 Å². The SMILES string of the molecule is O=Cc1cc(F)c(C#CCCCCc2ccccc2)cc1F. The van der Waals surface area contributed by atoms with E-state index < -0.39 is 11.6 Å². The summed E-state index contributed by atoms with van der Waals surface area (Å²) >= 11 is 0. The Hall–Kier alpha value is -2.47. The maximum absolute atomic E-state index is 13.6. The molecule has 0 bridgehead atoms. The van der Waals surface area contributed by atoms with E-state index in [0.717, 1.165) is 31.4 Å². The maximum atomic E-state index is 13.6. The van der Waals surface area contributed by atoms with Gasteiger partial charge in [0.2, 0.25) is 0 Å². The van der Waals surface area contributed by atoms with Gasteiger partial charge in [0.25, 0.3) is 0 Å². The fraction of sp³-hybridized carbons (Fsp3) is 0.211. The number of rotatable bonds is 5. The van der Waals surface area contributed by atoms with Crippen LogP contribution in [0.4, 0.5) is 8.78 Å². The number of carbonyl (C=O) groups is 1. The third kappa shape index (κ3) is 4.53. The summed E-state index contributed by atoms with van der Waals surface area (Å²) in [6, 6.07) is 12.0. The highest BCUT2D eigenvalue weighted by Crippen LogP contribution is 2.13. The van der Waals surface area contributed by atoms with Gasteiger partial charge in [-0.15, -0.1) is 0 Å². The molecule has 0 saturated heterocycles. The molecule has 1 nitrogen and oxygen atoms in total. The van der Waals surface area contributed by atoms with Crippen LogP contribution in [-0.4, -0.2) is 6.29 Å². The molecule has 0 amide bonds. The van der Waals surface area contributed by atoms with Crippen molar-refractivity contribution in [1.82, 2.24) is 0 Å². The van der Waals surface area contributed by atoms with E-state index in [2.05, 4.69) is 24.0 Å². The van der Waals surface area contributed by atoms with Crippen molar-refractivity contribution in [3.8, 4) is 11.8 Å². The van der Waals surface area contributed by atoms with Crippen LogP contribution in [0.15, 0.2) is 42.5 Å². The Kier molecular flexibility index (Phi) is 5.85. The molecule has 0 radical (unpaired) electrons. The van der Waals surface area contributed by atoms with E-state index in [0.29, 0.717) is 12.7 Å². The molecule has 0 aromatic heterocycles. The zero-order valence-electron chi connectivity index (χ0n) is 12.1. The van der Waals surface area contributed by atoms with Gasteiger partial charge in [-0.25, -0.2) is 8.78 Å². The van der Waals surface area contributed by atoms with Crippen molar-refractivity contribution in [1.29, 1.82) is 0 Å². The second-order valence-corrected chi connectivity index (χ2v) is 4.97. The zero-order chi connectivity index (χ0) is 15.8. The van der Waals surface area contributed by atoms with Gasteiger partial charge >= 0.3 is 0 Å². The molecule has 0 unspecified atom stereocenters. The third-order valence-corrected chi connectivity index (χ3v) is 3.30. The summed E-state index contributed by atoms with van der Waals surface area (Å²) in [5, 5.41) is 0. The number of hydrogen-bond donors (Lipinski definition) is 0. The van der Waals surface area contributed by atoms with Crippen molar-refractivity contribution in [3.05, 3.63) is 70.8 Å². The highest BCUT2D eigenvalue weighted by molar-refractivity contribution is 5.75. The molecule has 0 atom stereocenters. The van der Waals surface area contributed by atoms with E-state index in [1.165, 1.54) is 5.56 Å². The molecule has 112 valence electrons. The molecule has 2 aromatic carbocycles. The number of benzene rings is 2. The van der Waals surface area contributed by atoms with Crippen molar-refractivity contribution < 1.29 is 13.6 Å². The lowest BCUT2D eigenvalue weighted by Gasteiger charge is -1.99. The van der Waals surface area contributed by atoms with Crippen LogP contribution in [0.1, 0.15) is 40.7 Å². The van der Waals surface area contributed by atoms with Gasteiger partial charge in [-0.1, -0.05) is 42.2 Å². The van der Waals surface area contributed by atoms with Gasteiger partial charge in [0.15, 0.2) is 6.29 Å². The molecule has 22 heavy (non-hydrogen) atoms. The summed E-state index contributed by atoms with van der Waals surface area (Å²) in [4.78, 5) is 10.5. The standard InChI is InChI=1S/C19H16F2O/c20-18-13-17(14-22)19(21)12-16(18)11-7-2-1-4-8-15-9-5-3-6-10-15/h3,5-6,9-10,12-14H,1-2,4,8H2. The molecule has 0 N–H and O–H groups in total. The molecular formula is C19H16F2O. The van der Waals surface area contributed by atoms with Gasteiger partial charge in [-0.05, 0) is 37.0 Å². The van der Waals surface area contributed by atoms with Gasteiger partial charge in [0, 0.05) is 6.42 Å². The average Bonchev–Trinajstić information content (AvgIpc) is 2.54. The fourth-order valence-corrected chi connectivity index (χ4v) is 2.09. The van der Waals surface area contributed by atoms with Crippen molar-refractivity contribution in [2.24, 2.45) is 0 Å². The fourth-order valence-electron chi connectivity index (χ4n) is 2.09. The largest absolute Gasteiger partial charge is 0.298 e. The number of aldehydes is 1. The van der Waals surface area contributed by atoms with Crippen LogP contribution in [0.2, 0.25) is 0 Å². The molecule has 0 aliphatic heterocycles. The van der Waals surface area contributed by atoms with Gasteiger partial charge < -0.3 is 0 Å². The second-order valence-electron chi connectivity index (χ2n) is 4.97. The Morgan fingerprint density at radius 2 is 1.77 bits per heavy atom. The normalized spacial score (nSPS) is 9.91. The second kappa shape index (κ2) is 8.09. The number of halogens is 2. The number of carbonyl (C=O) groups excluding carboxylic acids is 1. The van der Waals surface area contributed by atoms with Crippen molar-refractivity contribution in [2.75, 3.05) is 0 Å². The van der Waals surface area contributed by atoms with Crippen LogP contribution in [0.25, 0.3) is 0 Å². The third-order valence-electron chi connectivity index (χ3n) is 3.30. The average molecular weight is 298 g/mol. The van der Waals surface area contributed by atoms with E-state index in [-0.39, 0.29) is 11.1 Å². The van der Waals surface area contributed by atoms with E-state index >= 15 is 0 Å². The Bertz CT molecular complexity index is 697. The van der Waals surface area contributed by atoms with Crippen LogP contribution in [-0.2, 0) is 6.42 Å². The predicted molar refractivity (Wildman–Crippen MR) is 82.6 cm³/mol. The smallest absolute Gasteiger partial charge is 0.153 e. The predicted octanol–water partition coefficient (Wildman–Crippen LogP) is 4.54. The number of aryl methyl sites for hydroxylation is 1. The van der Waals surface area contributed by atoms with E-state index in [1.807, 2.05) is 18.2 Å². The van der Waals surface area contributed by atoms with Crippen LogP contribution in [0.5, 0.6) is 0 Å². The number of hydrogen-bond acceptors (Lipinski definition) is 1. The molecule has 3 heteroatoms. The van der Waals surface area contributed by atoms with Gasteiger partial charge in [-0.2, -0.15) is 0 Å². The lowest BCUT2D eigenvalue weighted by molar-refractivity contribution is 0.111. The minimum atomic E-state index is -0.746. The first kappa shape index (κ1) is 15.9. The minimum absolute atomic E-state index is 0.00819. The molecule has 0 fully saturated rings. The summed E-state index contributed by atoms with van der Waals surface area (Å²) in [6.45, 7) is 0. The lowest BCUT2D eigenvalue weighted by atomic mass is 10.1. The highest BCUT2D eigenvalue weighted by atomic mass is 19.1. The minimum Gasteiger partial charge on any atom is -0.298 e. The van der Waals surface area contributed by atoms with Crippen LogP contribution >= 0.6 is 0 Å². The van der Waals surface area contributed by atoms with Crippen LogP contribution in [0.3, 0.4) is 0 Å². The molecule has 2 aromatic rings. The molecule has 0 aliphatic carbocycles. The van der Waals surface area contributed by atoms with Gasteiger partial charge in [0.05, 0.1) is 11.1 Å². The number of unbranched alkanes of at least 4 members (excludes halogenated alkanes) is 2. The molecule has 0 aliphatic rings. The summed E-state index contributed by atoms with van der Waals surface area (Å²) in [5.74, 6) is 4.06. The first-order valence-electron chi connectivity index (χ1n) is 7.17. The van der Waals surface area contributed by atoms with E-state index in [1.54, 1.807) is 0 Å². The van der Waals surface area contributed by atoms with Crippen molar-refractivity contribution >= 4 is 6.29 Å². The Morgan fingerprint density at radius 3 is 2.50 bits per heavy atom. The van der Waals surface area contributed by atoms with Crippen molar-refractivity contribution in [2.45, 2.75) is 25.7 Å². The van der Waals surface area contributed by atoms with Gasteiger partial charge in [-0.3, -0.25) is 4.79 Å². The summed E-state index contributed by atoms with van der Waals surface area (Å²) in [6.07, 6.45) is 3.81. The molecule has 0 heterocycles. The lowest BCUT2D eigenvalue weighted by Crippen LogP contribution is -1.93. The maximum Gasteiger partial charge on any atom is 0.153 e. The van der Waals surface area contributed by atoms with E-state index in [4.69, 9.17) is 0 Å². The topological polar surface area (TPSA) is 17.1 Å². The first-order chi connectivity index (χ1) is 10.7. The Morgan fingerprint density at radius 1 is 1.00 bits per heavy atom. The molecular weight excluding hydrogens is 282 g/mol. The Labute approximate surface area is 129 Å².